The number of amides is 1. The highest BCUT2D eigenvalue weighted by Crippen LogP contribution is 2.29. The number of benzene rings is 1. The minimum atomic E-state index is -0.207. The lowest BCUT2D eigenvalue weighted by molar-refractivity contribution is 0.102. The zero-order valence-electron chi connectivity index (χ0n) is 17.7. The number of ether oxygens (including phenoxy) is 2. The van der Waals surface area contributed by atoms with Gasteiger partial charge in [0.1, 0.15) is 12.4 Å². The van der Waals surface area contributed by atoms with Crippen molar-refractivity contribution in [2.24, 2.45) is 0 Å². The Hall–Kier alpha value is -3.23. The van der Waals surface area contributed by atoms with Gasteiger partial charge in [-0.2, -0.15) is 5.10 Å². The van der Waals surface area contributed by atoms with E-state index in [1.165, 1.54) is 0 Å². The number of hydrogen-bond donors (Lipinski definition) is 1. The molecule has 4 rings (SSSR count). The summed E-state index contributed by atoms with van der Waals surface area (Å²) in [6, 6.07) is 13.2. The van der Waals surface area contributed by atoms with Crippen LogP contribution in [0.25, 0.3) is 21.6 Å². The molecule has 0 fully saturated rings. The van der Waals surface area contributed by atoms with Gasteiger partial charge in [0.15, 0.2) is 5.65 Å². The molecule has 0 atom stereocenters. The number of carbonyl (C=O) groups excluding carboxylic acids is 1. The number of pyridine rings is 1. The Kier molecular flexibility index (Phi) is 6.29. The number of rotatable bonds is 8. The van der Waals surface area contributed by atoms with Crippen LogP contribution in [0.2, 0.25) is 0 Å². The Labute approximate surface area is 184 Å². The van der Waals surface area contributed by atoms with Gasteiger partial charge in [-0.05, 0) is 55.6 Å². The molecule has 8 heteroatoms. The van der Waals surface area contributed by atoms with E-state index in [4.69, 9.17) is 14.5 Å². The number of anilines is 1. The van der Waals surface area contributed by atoms with Crippen LogP contribution in [0.15, 0.2) is 54.0 Å². The molecule has 3 aromatic heterocycles. The molecule has 0 aliphatic carbocycles. The first-order chi connectivity index (χ1) is 15.1. The van der Waals surface area contributed by atoms with E-state index in [9.17, 15) is 4.79 Å². The maximum atomic E-state index is 13.2. The molecule has 0 radical (unpaired) electrons. The van der Waals surface area contributed by atoms with E-state index in [-0.39, 0.29) is 11.9 Å². The van der Waals surface area contributed by atoms with Crippen LogP contribution in [-0.2, 0) is 4.74 Å². The molecular weight excluding hydrogens is 412 g/mol. The van der Waals surface area contributed by atoms with Crippen LogP contribution in [0.1, 0.15) is 30.2 Å². The fourth-order valence-electron chi connectivity index (χ4n) is 3.21. The van der Waals surface area contributed by atoms with Gasteiger partial charge in [-0.3, -0.25) is 4.79 Å². The maximum Gasteiger partial charge on any atom is 0.256 e. The molecule has 31 heavy (non-hydrogen) atoms. The predicted molar refractivity (Wildman–Crippen MR) is 123 cm³/mol. The molecule has 0 saturated heterocycles. The van der Waals surface area contributed by atoms with Crippen molar-refractivity contribution in [3.8, 4) is 16.3 Å². The monoisotopic (exact) mass is 436 g/mol. The average molecular weight is 437 g/mol. The fraction of sp³-hybridized carbons (Fsp3) is 0.261. The van der Waals surface area contributed by atoms with Crippen LogP contribution in [0.3, 0.4) is 0 Å². The van der Waals surface area contributed by atoms with Crippen LogP contribution in [-0.4, -0.2) is 41.0 Å². The Balaban J connectivity index is 1.64. The zero-order chi connectivity index (χ0) is 21.8. The van der Waals surface area contributed by atoms with E-state index < -0.39 is 0 Å². The molecule has 1 aromatic carbocycles. The van der Waals surface area contributed by atoms with Crippen molar-refractivity contribution in [1.82, 2.24) is 14.8 Å². The van der Waals surface area contributed by atoms with Crippen molar-refractivity contribution >= 4 is 34.0 Å². The lowest BCUT2D eigenvalue weighted by Crippen LogP contribution is -2.13. The van der Waals surface area contributed by atoms with Crippen LogP contribution < -0.4 is 10.1 Å². The Morgan fingerprint density at radius 1 is 1.19 bits per heavy atom. The van der Waals surface area contributed by atoms with E-state index in [0.717, 1.165) is 21.7 Å². The highest BCUT2D eigenvalue weighted by Gasteiger charge is 2.19. The molecular formula is C23H24N4O3S. The third-order valence-corrected chi connectivity index (χ3v) is 5.63. The molecule has 7 nitrogen and oxygen atoms in total. The molecule has 3 heterocycles. The maximum absolute atomic E-state index is 13.2. The number of nitrogens with one attached hydrogen (secondary N) is 1. The molecule has 0 aliphatic rings. The number of fused-ring (bicyclic) bond motifs is 1. The van der Waals surface area contributed by atoms with Crippen LogP contribution >= 0.6 is 11.3 Å². The molecule has 0 saturated carbocycles. The summed E-state index contributed by atoms with van der Waals surface area (Å²) in [6.45, 7) is 5.08. The lowest BCUT2D eigenvalue weighted by Gasteiger charge is -2.11. The zero-order valence-corrected chi connectivity index (χ0v) is 18.5. The predicted octanol–water partition coefficient (Wildman–Crippen LogP) is 5.02. The van der Waals surface area contributed by atoms with Crippen LogP contribution in [0.5, 0.6) is 5.75 Å². The summed E-state index contributed by atoms with van der Waals surface area (Å²) >= 11 is 1.59. The SMILES string of the molecule is COCCOc1ccc(NC(=O)c2cc(-c3cccs3)nc3c2cnn3C(C)C)cc1. The molecule has 4 aromatic rings. The van der Waals surface area contributed by atoms with E-state index in [2.05, 4.69) is 10.4 Å². The fourth-order valence-corrected chi connectivity index (χ4v) is 3.90. The average Bonchev–Trinajstić information content (AvgIpc) is 3.44. The summed E-state index contributed by atoms with van der Waals surface area (Å²) in [5, 5.41) is 10.2. The van der Waals surface area contributed by atoms with Gasteiger partial charge in [0.25, 0.3) is 5.91 Å². The summed E-state index contributed by atoms with van der Waals surface area (Å²) in [5.41, 5.74) is 2.69. The third-order valence-electron chi connectivity index (χ3n) is 4.74. The van der Waals surface area contributed by atoms with Gasteiger partial charge in [-0.25, -0.2) is 9.67 Å². The van der Waals surface area contributed by atoms with Crippen molar-refractivity contribution in [3.05, 3.63) is 59.6 Å². The number of hydrogen-bond acceptors (Lipinski definition) is 6. The third kappa shape index (κ3) is 4.60. The van der Waals surface area contributed by atoms with Crippen molar-refractivity contribution in [3.63, 3.8) is 0 Å². The van der Waals surface area contributed by atoms with Crippen molar-refractivity contribution in [1.29, 1.82) is 0 Å². The largest absolute Gasteiger partial charge is 0.491 e. The molecule has 0 aliphatic heterocycles. The Morgan fingerprint density at radius 3 is 2.68 bits per heavy atom. The van der Waals surface area contributed by atoms with Crippen LogP contribution in [0, 0.1) is 0 Å². The molecule has 0 spiro atoms. The van der Waals surface area contributed by atoms with Gasteiger partial charge in [0, 0.05) is 18.8 Å². The number of thiophene rings is 1. The highest BCUT2D eigenvalue weighted by atomic mass is 32.1. The minimum absolute atomic E-state index is 0.130. The number of methoxy groups -OCH3 is 1. The van der Waals surface area contributed by atoms with E-state index in [1.54, 1.807) is 24.6 Å². The van der Waals surface area contributed by atoms with Gasteiger partial charge >= 0.3 is 0 Å². The van der Waals surface area contributed by atoms with Gasteiger partial charge in [-0.15, -0.1) is 11.3 Å². The van der Waals surface area contributed by atoms with Gasteiger partial charge in [-0.1, -0.05) is 6.07 Å². The summed E-state index contributed by atoms with van der Waals surface area (Å²) in [7, 11) is 1.63. The summed E-state index contributed by atoms with van der Waals surface area (Å²) in [5.74, 6) is 0.515. The van der Waals surface area contributed by atoms with Crippen molar-refractivity contribution < 1.29 is 14.3 Å². The highest BCUT2D eigenvalue weighted by molar-refractivity contribution is 7.13. The van der Waals surface area contributed by atoms with E-state index >= 15 is 0 Å². The molecule has 0 unspecified atom stereocenters. The van der Waals surface area contributed by atoms with Crippen molar-refractivity contribution in [2.75, 3.05) is 25.6 Å². The topological polar surface area (TPSA) is 78.3 Å². The standard InChI is InChI=1S/C23H24N4O3S/c1-15(2)27-22-19(14-24-27)18(13-20(26-22)21-5-4-12-31-21)23(28)25-16-6-8-17(9-7-16)30-11-10-29-3/h4-9,12-15H,10-11H2,1-3H3,(H,25,28). The Morgan fingerprint density at radius 2 is 2.00 bits per heavy atom. The minimum Gasteiger partial charge on any atom is -0.491 e. The normalized spacial score (nSPS) is 11.2. The molecule has 1 amide bonds. The molecule has 1 N–H and O–H groups in total. The summed E-state index contributed by atoms with van der Waals surface area (Å²) in [4.78, 5) is 19.0. The quantitative estimate of drug-likeness (QED) is 0.393. The van der Waals surface area contributed by atoms with Crippen LogP contribution in [0.4, 0.5) is 5.69 Å². The molecule has 160 valence electrons. The summed E-state index contributed by atoms with van der Waals surface area (Å²) in [6.07, 6.45) is 1.71. The van der Waals surface area contributed by atoms with Crippen molar-refractivity contribution in [2.45, 2.75) is 19.9 Å². The first kappa shape index (κ1) is 21.0. The smallest absolute Gasteiger partial charge is 0.256 e. The number of nitrogens with zero attached hydrogens (tertiary/aromatic N) is 3. The van der Waals surface area contributed by atoms with Gasteiger partial charge < -0.3 is 14.8 Å². The second-order valence-corrected chi connectivity index (χ2v) is 8.22. The summed E-state index contributed by atoms with van der Waals surface area (Å²) < 4.78 is 12.4. The second-order valence-electron chi connectivity index (χ2n) is 7.27. The van der Waals surface area contributed by atoms with E-state index in [1.807, 2.05) is 66.4 Å². The first-order valence-electron chi connectivity index (χ1n) is 10.0. The van der Waals surface area contributed by atoms with Gasteiger partial charge in [0.05, 0.1) is 34.3 Å². The second kappa shape index (κ2) is 9.28. The number of aromatic nitrogens is 3. The Bertz CT molecular complexity index is 1170. The first-order valence-corrected chi connectivity index (χ1v) is 10.9. The van der Waals surface area contributed by atoms with Gasteiger partial charge in [0.2, 0.25) is 0 Å². The molecule has 0 bridgehead atoms. The lowest BCUT2D eigenvalue weighted by atomic mass is 10.1. The van der Waals surface area contributed by atoms with E-state index in [0.29, 0.717) is 30.1 Å². The number of carbonyl (C=O) groups is 1.